The molecule has 1 aromatic heterocycles. The molecule has 1 aliphatic rings. The number of benzene rings is 2. The Hall–Kier alpha value is -2.33. The van der Waals surface area contributed by atoms with Gasteiger partial charge in [0.25, 0.3) is 0 Å². The van der Waals surface area contributed by atoms with Crippen LogP contribution in [0.4, 0.5) is 5.69 Å². The zero-order valence-corrected chi connectivity index (χ0v) is 17.7. The van der Waals surface area contributed by atoms with Gasteiger partial charge in [-0.25, -0.2) is 4.98 Å². The number of aromatic nitrogens is 2. The molecule has 4 nitrogen and oxygen atoms in total. The lowest BCUT2D eigenvalue weighted by atomic mass is 10.1. The number of rotatable bonds is 8. The van der Waals surface area contributed by atoms with Crippen LogP contribution in [0.3, 0.4) is 0 Å². The van der Waals surface area contributed by atoms with Crippen molar-refractivity contribution in [1.82, 2.24) is 9.55 Å². The molecule has 0 saturated carbocycles. The fraction of sp³-hybridized carbons (Fsp3) is 0.417. The third-order valence-corrected chi connectivity index (χ3v) is 6.01. The third kappa shape index (κ3) is 4.32. The minimum Gasteiger partial charge on any atom is -0.328 e. The van der Waals surface area contributed by atoms with Crippen LogP contribution >= 0.6 is 11.6 Å². The van der Waals surface area contributed by atoms with E-state index in [2.05, 4.69) is 29.7 Å². The molecule has 0 aliphatic carbocycles. The monoisotopic (exact) mass is 409 g/mol. The van der Waals surface area contributed by atoms with Gasteiger partial charge in [0.2, 0.25) is 5.91 Å². The second-order valence-corrected chi connectivity index (χ2v) is 8.35. The Balaban J connectivity index is 1.58. The summed E-state index contributed by atoms with van der Waals surface area (Å²) < 4.78 is 2.35. The molecular formula is C24H28ClN3O. The van der Waals surface area contributed by atoms with Gasteiger partial charge in [-0.3, -0.25) is 4.79 Å². The van der Waals surface area contributed by atoms with E-state index in [1.807, 2.05) is 35.2 Å². The highest BCUT2D eigenvalue weighted by molar-refractivity contribution is 6.30. The summed E-state index contributed by atoms with van der Waals surface area (Å²) in [6.45, 7) is 3.85. The number of unbranched alkanes of at least 4 members (excludes halogenated alkanes) is 4. The summed E-state index contributed by atoms with van der Waals surface area (Å²) in [5, 5.41) is 0.651. The van der Waals surface area contributed by atoms with Gasteiger partial charge in [-0.05, 0) is 36.8 Å². The zero-order valence-electron chi connectivity index (χ0n) is 17.0. The Labute approximate surface area is 177 Å². The van der Waals surface area contributed by atoms with Crippen molar-refractivity contribution in [2.75, 3.05) is 11.4 Å². The number of para-hydroxylation sites is 2. The largest absolute Gasteiger partial charge is 0.328 e. The maximum atomic E-state index is 12.8. The number of amides is 1. The summed E-state index contributed by atoms with van der Waals surface area (Å²) in [6.07, 6.45) is 6.70. The van der Waals surface area contributed by atoms with Gasteiger partial charge in [-0.1, -0.05) is 62.4 Å². The van der Waals surface area contributed by atoms with Crippen LogP contribution in [0, 0.1) is 0 Å². The fourth-order valence-corrected chi connectivity index (χ4v) is 4.47. The summed E-state index contributed by atoms with van der Waals surface area (Å²) in [5.41, 5.74) is 3.06. The van der Waals surface area contributed by atoms with Crippen molar-refractivity contribution in [3.8, 4) is 0 Å². The summed E-state index contributed by atoms with van der Waals surface area (Å²) in [6, 6.07) is 15.8. The first kappa shape index (κ1) is 20.0. The number of hydrogen-bond acceptors (Lipinski definition) is 2. The van der Waals surface area contributed by atoms with E-state index in [1.54, 1.807) is 0 Å². The van der Waals surface area contributed by atoms with Gasteiger partial charge < -0.3 is 9.47 Å². The zero-order chi connectivity index (χ0) is 20.2. The molecule has 29 heavy (non-hydrogen) atoms. The Morgan fingerprint density at radius 2 is 1.90 bits per heavy atom. The summed E-state index contributed by atoms with van der Waals surface area (Å²) >= 11 is 6.14. The van der Waals surface area contributed by atoms with Gasteiger partial charge in [0.1, 0.15) is 5.82 Å². The van der Waals surface area contributed by atoms with E-state index < -0.39 is 0 Å². The van der Waals surface area contributed by atoms with Crippen molar-refractivity contribution < 1.29 is 4.79 Å². The summed E-state index contributed by atoms with van der Waals surface area (Å²) in [5.74, 6) is 1.28. The van der Waals surface area contributed by atoms with E-state index in [9.17, 15) is 4.79 Å². The van der Waals surface area contributed by atoms with E-state index in [1.165, 1.54) is 31.2 Å². The van der Waals surface area contributed by atoms with Crippen LogP contribution in [0.5, 0.6) is 0 Å². The molecule has 2 aromatic carbocycles. The lowest BCUT2D eigenvalue weighted by molar-refractivity contribution is -0.117. The highest BCUT2D eigenvalue weighted by Crippen LogP contribution is 2.34. The topological polar surface area (TPSA) is 38.1 Å². The minimum atomic E-state index is 0.101. The molecule has 2 heterocycles. The number of carbonyl (C=O) groups excluding carboxylic acids is 1. The lowest BCUT2D eigenvalue weighted by Crippen LogP contribution is -2.24. The number of aryl methyl sites for hydroxylation is 1. The third-order valence-electron chi connectivity index (χ3n) is 5.78. The molecule has 0 spiro atoms. The quantitative estimate of drug-likeness (QED) is 0.416. The molecule has 3 aromatic rings. The molecule has 0 bridgehead atoms. The number of nitrogens with zero attached hydrogens (tertiary/aromatic N) is 3. The number of hydrogen-bond donors (Lipinski definition) is 0. The van der Waals surface area contributed by atoms with Crippen molar-refractivity contribution in [3.05, 3.63) is 59.4 Å². The van der Waals surface area contributed by atoms with E-state index in [-0.39, 0.29) is 11.8 Å². The molecule has 1 atom stereocenters. The van der Waals surface area contributed by atoms with Gasteiger partial charge in [0.05, 0.1) is 11.0 Å². The smallest absolute Gasteiger partial charge is 0.227 e. The SMILES string of the molecule is CCCCCCCn1c(C2CC(=O)N(c3cccc(Cl)c3)C2)nc2ccccc21. The maximum absolute atomic E-state index is 12.8. The average molecular weight is 410 g/mol. The molecule has 1 amide bonds. The van der Waals surface area contributed by atoms with E-state index in [4.69, 9.17) is 16.6 Å². The molecular weight excluding hydrogens is 382 g/mol. The second kappa shape index (κ2) is 9.00. The second-order valence-electron chi connectivity index (χ2n) is 7.91. The number of anilines is 1. The van der Waals surface area contributed by atoms with Gasteiger partial charge in [0, 0.05) is 36.1 Å². The molecule has 0 N–H and O–H groups in total. The number of carbonyl (C=O) groups is 1. The van der Waals surface area contributed by atoms with Crippen molar-refractivity contribution >= 4 is 34.2 Å². The summed E-state index contributed by atoms with van der Waals surface area (Å²) in [4.78, 5) is 19.6. The Morgan fingerprint density at radius 1 is 1.07 bits per heavy atom. The Kier molecular flexibility index (Phi) is 6.19. The normalized spacial score (nSPS) is 16.8. The van der Waals surface area contributed by atoms with Crippen molar-refractivity contribution in [2.24, 2.45) is 0 Å². The minimum absolute atomic E-state index is 0.101. The molecule has 1 aliphatic heterocycles. The first-order valence-electron chi connectivity index (χ1n) is 10.7. The van der Waals surface area contributed by atoms with Crippen molar-refractivity contribution in [2.45, 2.75) is 57.9 Å². The fourth-order valence-electron chi connectivity index (χ4n) is 4.29. The first-order chi connectivity index (χ1) is 14.2. The Morgan fingerprint density at radius 3 is 2.72 bits per heavy atom. The van der Waals surface area contributed by atoms with E-state index >= 15 is 0 Å². The predicted octanol–water partition coefficient (Wildman–Crippen LogP) is 6.18. The van der Waals surface area contributed by atoms with Crippen molar-refractivity contribution in [1.29, 1.82) is 0 Å². The molecule has 152 valence electrons. The molecule has 0 radical (unpaired) electrons. The Bertz CT molecular complexity index is 997. The average Bonchev–Trinajstić information content (AvgIpc) is 3.28. The summed E-state index contributed by atoms with van der Waals surface area (Å²) in [7, 11) is 0. The molecule has 1 unspecified atom stereocenters. The van der Waals surface area contributed by atoms with Crippen LogP contribution in [0.25, 0.3) is 11.0 Å². The molecule has 1 saturated heterocycles. The van der Waals surface area contributed by atoms with Crippen LogP contribution < -0.4 is 4.90 Å². The van der Waals surface area contributed by atoms with Crippen molar-refractivity contribution in [3.63, 3.8) is 0 Å². The highest BCUT2D eigenvalue weighted by atomic mass is 35.5. The maximum Gasteiger partial charge on any atom is 0.227 e. The predicted molar refractivity (Wildman–Crippen MR) is 120 cm³/mol. The lowest BCUT2D eigenvalue weighted by Gasteiger charge is -2.17. The van der Waals surface area contributed by atoms with Crippen LogP contribution in [-0.4, -0.2) is 22.0 Å². The molecule has 4 rings (SSSR count). The molecule has 5 heteroatoms. The van der Waals surface area contributed by atoms with Gasteiger partial charge >= 0.3 is 0 Å². The van der Waals surface area contributed by atoms with Gasteiger partial charge in [-0.15, -0.1) is 0 Å². The van der Waals surface area contributed by atoms with E-state index in [0.717, 1.165) is 30.0 Å². The molecule has 1 fully saturated rings. The number of imidazole rings is 1. The van der Waals surface area contributed by atoms with Crippen LogP contribution in [0.15, 0.2) is 48.5 Å². The van der Waals surface area contributed by atoms with Gasteiger partial charge in [-0.2, -0.15) is 0 Å². The van der Waals surface area contributed by atoms with Gasteiger partial charge in [0.15, 0.2) is 0 Å². The van der Waals surface area contributed by atoms with Crippen LogP contribution in [0.1, 0.15) is 57.2 Å². The highest BCUT2D eigenvalue weighted by Gasteiger charge is 2.34. The number of fused-ring (bicyclic) bond motifs is 1. The van der Waals surface area contributed by atoms with Crippen LogP contribution in [0.2, 0.25) is 5.02 Å². The van der Waals surface area contributed by atoms with E-state index in [0.29, 0.717) is 18.0 Å². The van der Waals surface area contributed by atoms with Crippen LogP contribution in [-0.2, 0) is 11.3 Å². The standard InChI is InChI=1S/C24H28ClN3O/c1-2-3-4-5-8-14-27-22-13-7-6-12-21(22)26-24(27)18-15-23(29)28(17-18)20-11-9-10-19(25)16-20/h6-7,9-13,16,18H,2-5,8,14-15,17H2,1H3. The first-order valence-corrected chi connectivity index (χ1v) is 11.1. The number of halogens is 1.